The van der Waals surface area contributed by atoms with Crippen LogP contribution in [0.4, 0.5) is 0 Å². The zero-order valence-corrected chi connectivity index (χ0v) is 19.3. The van der Waals surface area contributed by atoms with Crippen LogP contribution in [0, 0.1) is 5.41 Å². The first-order valence-electron chi connectivity index (χ1n) is 10.3. The summed E-state index contributed by atoms with van der Waals surface area (Å²) in [6.45, 7) is 9.33. The molecule has 0 N–H and O–H groups in total. The number of hydrogen-bond acceptors (Lipinski definition) is 6. The van der Waals surface area contributed by atoms with Gasteiger partial charge in [-0.05, 0) is 35.4 Å². The molecular weight excluding hydrogens is 400 g/mol. The van der Waals surface area contributed by atoms with Crippen LogP contribution in [-0.4, -0.2) is 43.9 Å². The van der Waals surface area contributed by atoms with Crippen molar-refractivity contribution >= 4 is 29.4 Å². The van der Waals surface area contributed by atoms with E-state index in [9.17, 15) is 4.79 Å². The molecule has 1 saturated heterocycles. The molecule has 0 bridgehead atoms. The maximum absolute atomic E-state index is 12.6. The molecule has 3 rings (SSSR count). The molecule has 2 aromatic carbocycles. The Morgan fingerprint density at radius 3 is 2.43 bits per heavy atom. The van der Waals surface area contributed by atoms with E-state index >= 15 is 0 Å². The van der Waals surface area contributed by atoms with Crippen molar-refractivity contribution in [2.24, 2.45) is 5.41 Å². The zero-order chi connectivity index (χ0) is 21.9. The van der Waals surface area contributed by atoms with E-state index in [0.717, 1.165) is 22.1 Å². The topological polar surface area (TPSA) is 54.0 Å². The van der Waals surface area contributed by atoms with Crippen molar-refractivity contribution in [1.82, 2.24) is 0 Å². The second kappa shape index (κ2) is 9.16. The minimum atomic E-state index is -0.451. The molecule has 1 atom stereocenters. The minimum Gasteiger partial charge on any atom is -0.497 e. The number of thiol groups is 1. The molecule has 6 heteroatoms. The Morgan fingerprint density at radius 2 is 1.80 bits per heavy atom. The van der Waals surface area contributed by atoms with Gasteiger partial charge in [-0.15, -0.1) is 0 Å². The van der Waals surface area contributed by atoms with Gasteiger partial charge in [0.05, 0.1) is 37.6 Å². The van der Waals surface area contributed by atoms with E-state index in [4.69, 9.17) is 31.6 Å². The molecule has 0 saturated carbocycles. The molecule has 164 valence electrons. The summed E-state index contributed by atoms with van der Waals surface area (Å²) in [5, 5.41) is 2.13. The number of carbonyl (C=O) groups is 1. The molecule has 1 aliphatic heterocycles. The van der Waals surface area contributed by atoms with Gasteiger partial charge in [0.15, 0.2) is 6.29 Å². The van der Waals surface area contributed by atoms with Gasteiger partial charge < -0.3 is 18.9 Å². The average Bonchev–Trinajstić information content (AvgIpc) is 2.71. The normalized spacial score (nSPS) is 23.2. The summed E-state index contributed by atoms with van der Waals surface area (Å²) in [6, 6.07) is 11.9. The van der Waals surface area contributed by atoms with Gasteiger partial charge in [0.1, 0.15) is 5.75 Å². The zero-order valence-electron chi connectivity index (χ0n) is 18.4. The predicted octanol–water partition coefficient (Wildman–Crippen LogP) is 4.97. The number of ether oxygens (including phenoxy) is 4. The van der Waals surface area contributed by atoms with E-state index in [1.807, 2.05) is 43.3 Å². The molecule has 5 nitrogen and oxygen atoms in total. The Labute approximate surface area is 184 Å². The number of esters is 1. The van der Waals surface area contributed by atoms with Gasteiger partial charge in [-0.2, -0.15) is 12.6 Å². The second-order valence-electron chi connectivity index (χ2n) is 9.16. The third kappa shape index (κ3) is 5.48. The quantitative estimate of drug-likeness (QED) is 0.516. The van der Waals surface area contributed by atoms with Gasteiger partial charge in [-0.25, -0.2) is 0 Å². The largest absolute Gasteiger partial charge is 0.497 e. The summed E-state index contributed by atoms with van der Waals surface area (Å²) in [6.07, 6.45) is 0.330. The van der Waals surface area contributed by atoms with Crippen molar-refractivity contribution in [3.05, 3.63) is 42.0 Å². The number of rotatable bonds is 6. The Kier molecular flexibility index (Phi) is 7.00. The third-order valence-corrected chi connectivity index (χ3v) is 5.93. The maximum atomic E-state index is 12.6. The molecule has 0 aliphatic carbocycles. The van der Waals surface area contributed by atoms with Crippen LogP contribution in [-0.2, 0) is 19.0 Å². The van der Waals surface area contributed by atoms with Crippen molar-refractivity contribution < 1.29 is 23.7 Å². The van der Waals surface area contributed by atoms with Gasteiger partial charge in [-0.1, -0.05) is 45.0 Å². The highest BCUT2D eigenvalue weighted by Crippen LogP contribution is 2.33. The summed E-state index contributed by atoms with van der Waals surface area (Å²) >= 11 is 4.72. The lowest BCUT2D eigenvalue weighted by atomic mass is 9.94. The van der Waals surface area contributed by atoms with E-state index in [1.54, 1.807) is 7.11 Å². The Morgan fingerprint density at radius 1 is 1.17 bits per heavy atom. The fourth-order valence-electron chi connectivity index (χ4n) is 3.44. The monoisotopic (exact) mass is 432 g/mol. The SMILES string of the molecule is COc1ccc2cc([C@H](C)C(=O)OCCC3(S)COC(C(C)(C)C)OC3)ccc2c1. The summed E-state index contributed by atoms with van der Waals surface area (Å²) < 4.78 is 22.0. The van der Waals surface area contributed by atoms with Gasteiger partial charge in [-0.3, -0.25) is 4.79 Å². The number of methoxy groups -OCH3 is 1. The maximum Gasteiger partial charge on any atom is 0.313 e. The summed E-state index contributed by atoms with van der Waals surface area (Å²) in [4.78, 5) is 12.6. The number of benzene rings is 2. The lowest BCUT2D eigenvalue weighted by Crippen LogP contribution is -2.48. The molecule has 0 unspecified atom stereocenters. The molecule has 2 aromatic rings. The van der Waals surface area contributed by atoms with Crippen molar-refractivity contribution in [3.8, 4) is 5.75 Å². The first-order valence-corrected chi connectivity index (χ1v) is 10.8. The molecule has 0 aromatic heterocycles. The molecular formula is C24H32O5S. The first-order chi connectivity index (χ1) is 14.1. The molecule has 30 heavy (non-hydrogen) atoms. The van der Waals surface area contributed by atoms with Gasteiger partial charge in [0, 0.05) is 11.8 Å². The van der Waals surface area contributed by atoms with Crippen LogP contribution in [0.25, 0.3) is 10.8 Å². The van der Waals surface area contributed by atoms with E-state index in [1.165, 1.54) is 0 Å². The Hall–Kier alpha value is -1.76. The smallest absolute Gasteiger partial charge is 0.313 e. The van der Waals surface area contributed by atoms with Crippen LogP contribution >= 0.6 is 12.6 Å². The van der Waals surface area contributed by atoms with Gasteiger partial charge >= 0.3 is 5.97 Å². The molecule has 0 amide bonds. The second-order valence-corrected chi connectivity index (χ2v) is 10.1. The van der Waals surface area contributed by atoms with E-state index in [2.05, 4.69) is 20.8 Å². The van der Waals surface area contributed by atoms with Crippen LogP contribution < -0.4 is 4.74 Å². The molecule has 1 fully saturated rings. The number of fused-ring (bicyclic) bond motifs is 1. The fraction of sp³-hybridized carbons (Fsp3) is 0.542. The highest BCUT2D eigenvalue weighted by molar-refractivity contribution is 7.81. The molecule has 1 heterocycles. The van der Waals surface area contributed by atoms with E-state index in [0.29, 0.717) is 19.6 Å². The summed E-state index contributed by atoms with van der Waals surface area (Å²) in [5.41, 5.74) is 0.845. The van der Waals surface area contributed by atoms with Crippen LogP contribution in [0.1, 0.15) is 45.6 Å². The highest BCUT2D eigenvalue weighted by Gasteiger charge is 2.38. The number of hydrogen-bond donors (Lipinski definition) is 1. The average molecular weight is 433 g/mol. The lowest BCUT2D eigenvalue weighted by Gasteiger charge is -2.41. The van der Waals surface area contributed by atoms with E-state index in [-0.39, 0.29) is 30.2 Å². The van der Waals surface area contributed by atoms with Crippen molar-refractivity contribution in [2.75, 3.05) is 26.9 Å². The summed E-state index contributed by atoms with van der Waals surface area (Å²) in [5.74, 6) is 0.217. The molecule has 0 spiro atoms. The predicted molar refractivity (Wildman–Crippen MR) is 121 cm³/mol. The standard InChI is InChI=1S/C24H32O5S/c1-16(17-6-7-19-13-20(26-5)9-8-18(19)12-17)21(25)27-11-10-24(30)14-28-22(29-15-24)23(2,3)4/h6-9,12-13,16,22,30H,10-11,14-15H2,1-5H3/t16-,22?,24?/m0/s1. The molecule has 1 aliphatic rings. The van der Waals surface area contributed by atoms with Crippen LogP contribution in [0.5, 0.6) is 5.75 Å². The fourth-order valence-corrected chi connectivity index (χ4v) is 3.68. The Balaban J connectivity index is 1.53. The van der Waals surface area contributed by atoms with Crippen molar-refractivity contribution in [2.45, 2.75) is 51.1 Å². The first kappa shape index (κ1) is 22.9. The lowest BCUT2D eigenvalue weighted by molar-refractivity contribution is -0.236. The van der Waals surface area contributed by atoms with Gasteiger partial charge in [0.25, 0.3) is 0 Å². The third-order valence-electron chi connectivity index (χ3n) is 5.45. The highest BCUT2D eigenvalue weighted by atomic mass is 32.1. The molecule has 0 radical (unpaired) electrons. The number of carbonyl (C=O) groups excluding carboxylic acids is 1. The van der Waals surface area contributed by atoms with Crippen LogP contribution in [0.15, 0.2) is 36.4 Å². The van der Waals surface area contributed by atoms with E-state index < -0.39 is 4.75 Å². The summed E-state index contributed by atoms with van der Waals surface area (Å²) in [7, 11) is 1.65. The minimum absolute atomic E-state index is 0.0814. The van der Waals surface area contributed by atoms with Gasteiger partial charge in [0.2, 0.25) is 0 Å². The van der Waals surface area contributed by atoms with Crippen molar-refractivity contribution in [3.63, 3.8) is 0 Å². The Bertz CT molecular complexity index is 881. The van der Waals surface area contributed by atoms with Crippen LogP contribution in [0.3, 0.4) is 0 Å². The van der Waals surface area contributed by atoms with Crippen LogP contribution in [0.2, 0.25) is 0 Å². The van der Waals surface area contributed by atoms with Crippen molar-refractivity contribution in [1.29, 1.82) is 0 Å².